The smallest absolute Gasteiger partial charge is 0.231 e. The predicted molar refractivity (Wildman–Crippen MR) is 127 cm³/mol. The molecule has 3 aliphatic heterocycles. The molecule has 3 aromatic carbocycles. The summed E-state index contributed by atoms with van der Waals surface area (Å²) < 4.78 is 28.8. The second kappa shape index (κ2) is 8.33. The number of hydrogen-bond donors (Lipinski definition) is 0. The molecule has 0 aromatic heterocycles. The maximum atomic E-state index is 6.46. The minimum absolute atomic E-state index is 0.0227. The van der Waals surface area contributed by atoms with Crippen molar-refractivity contribution in [2.24, 2.45) is 5.10 Å². The molecule has 3 aromatic rings. The molecular weight excluding hydrogens is 456 g/mol. The maximum absolute atomic E-state index is 6.46. The molecule has 3 aliphatic rings. The van der Waals surface area contributed by atoms with E-state index in [9.17, 15) is 0 Å². The van der Waals surface area contributed by atoms with Crippen molar-refractivity contribution in [1.82, 2.24) is 5.01 Å². The largest absolute Gasteiger partial charge is 0.493 e. The Labute approximate surface area is 202 Å². The van der Waals surface area contributed by atoms with Crippen molar-refractivity contribution in [3.8, 4) is 28.7 Å². The number of hydrogen-bond acceptors (Lipinski definition) is 7. The molecule has 0 aliphatic carbocycles. The molecule has 0 unspecified atom stereocenters. The van der Waals surface area contributed by atoms with Crippen molar-refractivity contribution in [3.05, 3.63) is 76.3 Å². The van der Waals surface area contributed by atoms with Gasteiger partial charge >= 0.3 is 0 Å². The number of ether oxygens (including phenoxy) is 5. The fraction of sp³-hybridized carbons (Fsp3) is 0.269. The molecule has 0 spiro atoms. The molecule has 0 radical (unpaired) electrons. The number of methoxy groups -OCH3 is 1. The lowest BCUT2D eigenvalue weighted by molar-refractivity contribution is -0.0191. The first-order valence-corrected chi connectivity index (χ1v) is 11.5. The van der Waals surface area contributed by atoms with Crippen LogP contribution in [0.5, 0.6) is 28.7 Å². The van der Waals surface area contributed by atoms with E-state index in [-0.39, 0.29) is 12.8 Å². The van der Waals surface area contributed by atoms with Crippen LogP contribution in [0.4, 0.5) is 0 Å². The number of halogens is 1. The van der Waals surface area contributed by atoms with Crippen molar-refractivity contribution in [2.45, 2.75) is 25.6 Å². The molecule has 174 valence electrons. The van der Waals surface area contributed by atoms with Crippen LogP contribution in [0, 0.1) is 0 Å². The fourth-order valence-corrected chi connectivity index (χ4v) is 4.82. The third-order valence-corrected chi connectivity index (χ3v) is 6.47. The van der Waals surface area contributed by atoms with Gasteiger partial charge in [0.1, 0.15) is 5.75 Å². The summed E-state index contributed by atoms with van der Waals surface area (Å²) in [5.74, 6) is 3.63. The molecule has 0 saturated heterocycles. The Hall–Kier alpha value is -3.58. The molecule has 0 bridgehead atoms. The third-order valence-electron chi connectivity index (χ3n) is 6.23. The van der Waals surface area contributed by atoms with Crippen LogP contribution in [0.1, 0.15) is 42.3 Å². The van der Waals surface area contributed by atoms with E-state index >= 15 is 0 Å². The van der Waals surface area contributed by atoms with Gasteiger partial charge in [-0.1, -0.05) is 11.6 Å². The lowest BCUT2D eigenvalue weighted by Gasteiger charge is -2.38. The minimum atomic E-state index is -0.435. The van der Waals surface area contributed by atoms with E-state index < -0.39 is 6.23 Å². The van der Waals surface area contributed by atoms with E-state index in [1.807, 2.05) is 66.5 Å². The molecular formula is C26H23ClN2O5. The lowest BCUT2D eigenvalue weighted by atomic mass is 9.95. The zero-order valence-corrected chi connectivity index (χ0v) is 19.5. The van der Waals surface area contributed by atoms with Gasteiger partial charge < -0.3 is 23.7 Å². The second-order valence-corrected chi connectivity index (χ2v) is 8.65. The first-order valence-electron chi connectivity index (χ1n) is 11.2. The van der Waals surface area contributed by atoms with E-state index in [0.717, 1.165) is 39.7 Å². The highest BCUT2D eigenvalue weighted by Gasteiger charge is 2.41. The van der Waals surface area contributed by atoms with Crippen molar-refractivity contribution >= 4 is 17.3 Å². The van der Waals surface area contributed by atoms with Gasteiger partial charge in [-0.3, -0.25) is 0 Å². The first-order chi connectivity index (χ1) is 16.6. The minimum Gasteiger partial charge on any atom is -0.493 e. The van der Waals surface area contributed by atoms with Gasteiger partial charge in [-0.25, -0.2) is 5.01 Å². The number of fused-ring (bicyclic) bond motifs is 4. The van der Waals surface area contributed by atoms with Crippen LogP contribution in [-0.4, -0.2) is 31.2 Å². The number of rotatable bonds is 5. The topological polar surface area (TPSA) is 61.8 Å². The lowest BCUT2D eigenvalue weighted by Crippen LogP contribution is -2.33. The monoisotopic (exact) mass is 478 g/mol. The van der Waals surface area contributed by atoms with E-state index in [1.54, 1.807) is 7.11 Å². The summed E-state index contributed by atoms with van der Waals surface area (Å²) in [6.07, 6.45) is 0.274. The Kier molecular flexibility index (Phi) is 5.14. The summed E-state index contributed by atoms with van der Waals surface area (Å²) in [5, 5.41) is 7.69. The number of hydrazone groups is 1. The maximum Gasteiger partial charge on any atom is 0.231 e. The average molecular weight is 479 g/mol. The van der Waals surface area contributed by atoms with Crippen molar-refractivity contribution in [1.29, 1.82) is 0 Å². The Balaban J connectivity index is 1.42. The standard InChI is InChI=1S/C26H23ClN2O5/c1-3-31-22-8-5-16(11-24(22)30-2)26-29-20(18-12-17(27)6-9-21(18)34-26)13-19(28-29)15-4-7-23-25(10-15)33-14-32-23/h4-12,20,26H,3,13-14H2,1-2H3/t20-,26+/m1/s1. The highest BCUT2D eigenvalue weighted by atomic mass is 35.5. The van der Waals surface area contributed by atoms with Gasteiger partial charge in [0.15, 0.2) is 23.0 Å². The van der Waals surface area contributed by atoms with Crippen molar-refractivity contribution in [2.75, 3.05) is 20.5 Å². The van der Waals surface area contributed by atoms with Gasteiger partial charge in [-0.2, -0.15) is 5.10 Å². The zero-order chi connectivity index (χ0) is 23.2. The van der Waals surface area contributed by atoms with Crippen LogP contribution in [0.25, 0.3) is 0 Å². The van der Waals surface area contributed by atoms with E-state index in [2.05, 4.69) is 0 Å². The number of nitrogens with zero attached hydrogens (tertiary/aromatic N) is 2. The van der Waals surface area contributed by atoms with E-state index in [0.29, 0.717) is 29.5 Å². The highest BCUT2D eigenvalue weighted by Crippen LogP contribution is 2.49. The van der Waals surface area contributed by atoms with Gasteiger partial charge in [0.2, 0.25) is 13.0 Å². The van der Waals surface area contributed by atoms with Crippen molar-refractivity contribution < 1.29 is 23.7 Å². The number of benzene rings is 3. The summed E-state index contributed by atoms with van der Waals surface area (Å²) in [6.45, 7) is 2.74. The van der Waals surface area contributed by atoms with Crippen LogP contribution >= 0.6 is 11.6 Å². The molecule has 0 fully saturated rings. The summed E-state index contributed by atoms with van der Waals surface area (Å²) in [5.41, 5.74) is 3.87. The molecule has 8 heteroatoms. The molecule has 7 nitrogen and oxygen atoms in total. The summed E-state index contributed by atoms with van der Waals surface area (Å²) >= 11 is 6.35. The summed E-state index contributed by atoms with van der Waals surface area (Å²) in [6, 6.07) is 17.5. The Morgan fingerprint density at radius 2 is 1.85 bits per heavy atom. The van der Waals surface area contributed by atoms with Crippen LogP contribution in [0.3, 0.4) is 0 Å². The van der Waals surface area contributed by atoms with Crippen molar-refractivity contribution in [3.63, 3.8) is 0 Å². The van der Waals surface area contributed by atoms with Crippen LogP contribution in [0.15, 0.2) is 59.7 Å². The van der Waals surface area contributed by atoms with E-state index in [4.69, 9.17) is 40.4 Å². The van der Waals surface area contributed by atoms with Gasteiger partial charge in [0.25, 0.3) is 0 Å². The Morgan fingerprint density at radius 1 is 1.00 bits per heavy atom. The first kappa shape index (κ1) is 21.0. The SMILES string of the molecule is CCOc1ccc([C@@H]2Oc3ccc(Cl)cc3[C@H]3CC(c4ccc5c(c4)OCO5)=NN32)cc1OC. The molecule has 3 heterocycles. The predicted octanol–water partition coefficient (Wildman–Crippen LogP) is 5.72. The average Bonchev–Trinajstić information content (AvgIpc) is 3.51. The zero-order valence-electron chi connectivity index (χ0n) is 18.8. The fourth-order valence-electron chi connectivity index (χ4n) is 4.64. The molecule has 2 atom stereocenters. The Morgan fingerprint density at radius 3 is 2.71 bits per heavy atom. The van der Waals surface area contributed by atoms with Crippen LogP contribution < -0.4 is 23.7 Å². The highest BCUT2D eigenvalue weighted by molar-refractivity contribution is 6.30. The third kappa shape index (κ3) is 3.47. The van der Waals surface area contributed by atoms with E-state index in [1.165, 1.54) is 0 Å². The molecule has 0 saturated carbocycles. The summed E-state index contributed by atoms with van der Waals surface area (Å²) in [7, 11) is 1.63. The molecule has 34 heavy (non-hydrogen) atoms. The quantitative estimate of drug-likeness (QED) is 0.467. The summed E-state index contributed by atoms with van der Waals surface area (Å²) in [4.78, 5) is 0. The van der Waals surface area contributed by atoms with Gasteiger partial charge in [0, 0.05) is 28.1 Å². The van der Waals surface area contributed by atoms with Gasteiger partial charge in [0.05, 0.1) is 25.5 Å². The molecule has 0 amide bonds. The van der Waals surface area contributed by atoms with Crippen LogP contribution in [-0.2, 0) is 0 Å². The second-order valence-electron chi connectivity index (χ2n) is 8.21. The van der Waals surface area contributed by atoms with Gasteiger partial charge in [-0.15, -0.1) is 0 Å². The molecule has 6 rings (SSSR count). The normalized spacial score (nSPS) is 19.7. The van der Waals surface area contributed by atoms with Gasteiger partial charge in [-0.05, 0) is 61.5 Å². The molecule has 0 N–H and O–H groups in total. The Bertz CT molecular complexity index is 1290. The van der Waals surface area contributed by atoms with Crippen LogP contribution in [0.2, 0.25) is 5.02 Å².